The molecule has 3 rings (SSSR count). The number of anilines is 1. The largest absolute Gasteiger partial charge is 0.480 e. The van der Waals surface area contributed by atoms with Crippen molar-refractivity contribution in [3.05, 3.63) is 63.8 Å². The van der Waals surface area contributed by atoms with E-state index >= 15 is 0 Å². The van der Waals surface area contributed by atoms with Crippen LogP contribution in [0.4, 0.5) is 10.2 Å². The minimum Gasteiger partial charge on any atom is -0.480 e. The van der Waals surface area contributed by atoms with Gasteiger partial charge in [-0.2, -0.15) is 10.2 Å². The van der Waals surface area contributed by atoms with Crippen molar-refractivity contribution in [2.45, 2.75) is 13.1 Å². The second-order valence-corrected chi connectivity index (χ2v) is 6.26. The van der Waals surface area contributed by atoms with Crippen LogP contribution in [0.15, 0.2) is 36.7 Å². The molecule has 140 valence electrons. The maximum atomic E-state index is 13.9. The van der Waals surface area contributed by atoms with Crippen LogP contribution in [-0.4, -0.2) is 36.5 Å². The maximum absolute atomic E-state index is 13.9. The summed E-state index contributed by atoms with van der Waals surface area (Å²) in [7, 11) is 0. The smallest absolute Gasteiger partial charge is 0.325 e. The van der Waals surface area contributed by atoms with E-state index in [2.05, 4.69) is 15.5 Å². The number of hydrogen-bond acceptors (Lipinski definition) is 4. The molecule has 11 heteroatoms. The minimum absolute atomic E-state index is 0.0119. The van der Waals surface area contributed by atoms with E-state index < -0.39 is 24.2 Å². The molecule has 0 saturated heterocycles. The van der Waals surface area contributed by atoms with Gasteiger partial charge in [-0.15, -0.1) is 0 Å². The molecule has 0 aliphatic carbocycles. The first-order valence-electron chi connectivity index (χ1n) is 7.56. The molecule has 0 bridgehead atoms. The average molecular weight is 412 g/mol. The van der Waals surface area contributed by atoms with Crippen molar-refractivity contribution in [3.63, 3.8) is 0 Å². The molecule has 2 aromatic heterocycles. The van der Waals surface area contributed by atoms with Crippen LogP contribution in [0.1, 0.15) is 16.1 Å². The number of carbonyl (C=O) groups is 2. The molecule has 0 aliphatic rings. The van der Waals surface area contributed by atoms with Crippen LogP contribution in [0.3, 0.4) is 0 Å². The van der Waals surface area contributed by atoms with Crippen molar-refractivity contribution in [3.8, 4) is 0 Å². The SMILES string of the molecule is O=C(O)Cn1nccc1C(=O)Nc1nn(Cc2c(F)cccc2Cl)cc1Cl. The molecular formula is C16H12Cl2FN5O3. The fourth-order valence-electron chi connectivity index (χ4n) is 2.36. The van der Waals surface area contributed by atoms with Crippen molar-refractivity contribution in [1.29, 1.82) is 0 Å². The Kier molecular flexibility index (Phi) is 5.43. The average Bonchev–Trinajstić information content (AvgIpc) is 3.17. The fraction of sp³-hybridized carbons (Fsp3) is 0.125. The third kappa shape index (κ3) is 4.26. The topological polar surface area (TPSA) is 102 Å². The number of rotatable bonds is 6. The van der Waals surface area contributed by atoms with Crippen molar-refractivity contribution in [2.24, 2.45) is 0 Å². The molecule has 2 N–H and O–H groups in total. The molecule has 0 spiro atoms. The molecule has 1 aromatic carbocycles. The molecule has 0 saturated carbocycles. The number of hydrogen-bond donors (Lipinski definition) is 2. The highest BCUT2D eigenvalue weighted by Crippen LogP contribution is 2.24. The van der Waals surface area contributed by atoms with Gasteiger partial charge in [-0.3, -0.25) is 14.3 Å². The van der Waals surface area contributed by atoms with Crippen LogP contribution >= 0.6 is 23.2 Å². The molecule has 0 radical (unpaired) electrons. The first-order chi connectivity index (χ1) is 12.8. The van der Waals surface area contributed by atoms with Gasteiger partial charge in [0, 0.05) is 23.0 Å². The molecule has 2 heterocycles. The lowest BCUT2D eigenvalue weighted by molar-refractivity contribution is -0.137. The van der Waals surface area contributed by atoms with Gasteiger partial charge in [-0.05, 0) is 18.2 Å². The molecule has 8 nitrogen and oxygen atoms in total. The van der Waals surface area contributed by atoms with Gasteiger partial charge in [0.05, 0.1) is 6.54 Å². The summed E-state index contributed by atoms with van der Waals surface area (Å²) in [6.45, 7) is -0.457. The number of nitrogens with one attached hydrogen (secondary N) is 1. The number of aliphatic carboxylic acids is 1. The number of carbonyl (C=O) groups excluding carboxylic acids is 1. The standard InChI is InChI=1S/C16H12Cl2FN5O3/c17-10-2-1-3-12(19)9(10)6-23-7-11(18)15(22-23)21-16(27)13-4-5-20-24(13)8-14(25)26/h1-5,7H,6,8H2,(H,25,26)(H,21,22,27). The van der Waals surface area contributed by atoms with Crippen molar-refractivity contribution >= 4 is 40.9 Å². The van der Waals surface area contributed by atoms with Crippen molar-refractivity contribution < 1.29 is 19.1 Å². The predicted molar refractivity (Wildman–Crippen MR) is 95.6 cm³/mol. The number of nitrogens with zero attached hydrogens (tertiary/aromatic N) is 4. The van der Waals surface area contributed by atoms with Crippen LogP contribution in [0, 0.1) is 5.82 Å². The Balaban J connectivity index is 1.78. The predicted octanol–water partition coefficient (Wildman–Crippen LogP) is 2.91. The van der Waals surface area contributed by atoms with Crippen molar-refractivity contribution in [1.82, 2.24) is 19.6 Å². The summed E-state index contributed by atoms with van der Waals surface area (Å²) >= 11 is 12.1. The number of halogens is 3. The zero-order chi connectivity index (χ0) is 19.6. The Morgan fingerprint density at radius 3 is 2.70 bits per heavy atom. The lowest BCUT2D eigenvalue weighted by Gasteiger charge is -2.06. The maximum Gasteiger partial charge on any atom is 0.325 e. The van der Waals surface area contributed by atoms with Crippen LogP contribution in [0.25, 0.3) is 0 Å². The van der Waals surface area contributed by atoms with E-state index in [9.17, 15) is 14.0 Å². The molecular weight excluding hydrogens is 400 g/mol. The molecule has 0 atom stereocenters. The van der Waals surface area contributed by atoms with Gasteiger partial charge in [0.15, 0.2) is 5.82 Å². The first kappa shape index (κ1) is 18.9. The van der Waals surface area contributed by atoms with Gasteiger partial charge in [-0.1, -0.05) is 29.3 Å². The highest BCUT2D eigenvalue weighted by Gasteiger charge is 2.18. The third-order valence-corrected chi connectivity index (χ3v) is 4.20. The summed E-state index contributed by atoms with van der Waals surface area (Å²) in [5, 5.41) is 19.6. The Morgan fingerprint density at radius 1 is 1.22 bits per heavy atom. The Hall–Kier alpha value is -2.91. The van der Waals surface area contributed by atoms with E-state index in [1.165, 1.54) is 35.3 Å². The van der Waals surface area contributed by atoms with E-state index in [1.54, 1.807) is 6.07 Å². The second kappa shape index (κ2) is 7.77. The number of carboxylic acid groups (broad SMARTS) is 1. The number of carboxylic acids is 1. The number of aromatic nitrogens is 4. The lowest BCUT2D eigenvalue weighted by Crippen LogP contribution is -2.21. The van der Waals surface area contributed by atoms with E-state index in [1.807, 2.05) is 0 Å². The Labute approximate surface area is 162 Å². The van der Waals surface area contributed by atoms with Gasteiger partial charge in [0.25, 0.3) is 5.91 Å². The Morgan fingerprint density at radius 2 is 2.00 bits per heavy atom. The van der Waals surface area contributed by atoms with E-state index in [4.69, 9.17) is 28.3 Å². The van der Waals surface area contributed by atoms with Crippen LogP contribution in [0.2, 0.25) is 10.0 Å². The van der Waals surface area contributed by atoms with E-state index in [-0.39, 0.29) is 33.7 Å². The summed E-state index contributed by atoms with van der Waals surface area (Å²) < 4.78 is 16.3. The number of amides is 1. The summed E-state index contributed by atoms with van der Waals surface area (Å²) in [6.07, 6.45) is 2.72. The molecule has 0 unspecified atom stereocenters. The van der Waals surface area contributed by atoms with Gasteiger partial charge >= 0.3 is 5.97 Å². The van der Waals surface area contributed by atoms with Gasteiger partial charge in [-0.25, -0.2) is 9.07 Å². The highest BCUT2D eigenvalue weighted by atomic mass is 35.5. The lowest BCUT2D eigenvalue weighted by atomic mass is 10.2. The second-order valence-electron chi connectivity index (χ2n) is 5.45. The third-order valence-electron chi connectivity index (χ3n) is 3.56. The number of benzene rings is 1. The molecule has 0 aliphatic heterocycles. The van der Waals surface area contributed by atoms with Crippen LogP contribution < -0.4 is 5.32 Å². The first-order valence-corrected chi connectivity index (χ1v) is 8.31. The summed E-state index contributed by atoms with van der Waals surface area (Å²) in [6, 6.07) is 5.68. The summed E-state index contributed by atoms with van der Waals surface area (Å²) in [4.78, 5) is 23.2. The quantitative estimate of drug-likeness (QED) is 0.648. The zero-order valence-corrected chi connectivity index (χ0v) is 15.1. The monoisotopic (exact) mass is 411 g/mol. The zero-order valence-electron chi connectivity index (χ0n) is 13.6. The van der Waals surface area contributed by atoms with Gasteiger partial charge in [0.1, 0.15) is 23.1 Å². The van der Waals surface area contributed by atoms with E-state index in [0.29, 0.717) is 0 Å². The Bertz CT molecular complexity index is 997. The van der Waals surface area contributed by atoms with Crippen molar-refractivity contribution in [2.75, 3.05) is 5.32 Å². The molecule has 27 heavy (non-hydrogen) atoms. The normalized spacial score (nSPS) is 10.8. The van der Waals surface area contributed by atoms with Crippen LogP contribution in [0.5, 0.6) is 0 Å². The van der Waals surface area contributed by atoms with Gasteiger partial charge in [0.2, 0.25) is 0 Å². The minimum atomic E-state index is -1.14. The van der Waals surface area contributed by atoms with E-state index in [0.717, 1.165) is 4.68 Å². The molecule has 0 fully saturated rings. The highest BCUT2D eigenvalue weighted by molar-refractivity contribution is 6.33. The fourth-order valence-corrected chi connectivity index (χ4v) is 2.78. The summed E-state index contributed by atoms with van der Waals surface area (Å²) in [5.74, 6) is -2.23. The molecule has 1 amide bonds. The van der Waals surface area contributed by atoms with Gasteiger partial charge < -0.3 is 10.4 Å². The summed E-state index contributed by atoms with van der Waals surface area (Å²) in [5.41, 5.74) is 0.260. The van der Waals surface area contributed by atoms with Crippen LogP contribution in [-0.2, 0) is 17.9 Å². The molecule has 3 aromatic rings.